The molecule has 21 heavy (non-hydrogen) atoms. The predicted octanol–water partition coefficient (Wildman–Crippen LogP) is 1.36. The van der Waals surface area contributed by atoms with E-state index in [4.69, 9.17) is 5.73 Å². The summed E-state index contributed by atoms with van der Waals surface area (Å²) in [7, 11) is 2.26. The van der Waals surface area contributed by atoms with Crippen LogP contribution in [0, 0.1) is 0 Å². The third kappa shape index (κ3) is 2.88. The van der Waals surface area contributed by atoms with E-state index in [1.165, 1.54) is 58.3 Å². The Kier molecular flexibility index (Phi) is 4.60. The van der Waals surface area contributed by atoms with Gasteiger partial charge in [0.2, 0.25) is 0 Å². The van der Waals surface area contributed by atoms with Gasteiger partial charge in [-0.25, -0.2) is 0 Å². The second-order valence-electron chi connectivity index (χ2n) is 7.86. The van der Waals surface area contributed by atoms with Crippen LogP contribution in [0.25, 0.3) is 0 Å². The van der Waals surface area contributed by atoms with Crippen LogP contribution in [0.1, 0.15) is 46.0 Å². The summed E-state index contributed by atoms with van der Waals surface area (Å²) in [4.78, 5) is 8.05. The number of piperazine rings is 1. The molecular formula is C17H34N4. The predicted molar refractivity (Wildman–Crippen MR) is 88.5 cm³/mol. The summed E-state index contributed by atoms with van der Waals surface area (Å²) >= 11 is 0. The Morgan fingerprint density at radius 1 is 1.10 bits per heavy atom. The van der Waals surface area contributed by atoms with Crippen LogP contribution >= 0.6 is 0 Å². The molecule has 3 heterocycles. The Balaban J connectivity index is 1.76. The summed E-state index contributed by atoms with van der Waals surface area (Å²) in [5.41, 5.74) is 6.58. The molecule has 0 saturated carbocycles. The second kappa shape index (κ2) is 6.15. The molecule has 0 aromatic carbocycles. The van der Waals surface area contributed by atoms with E-state index in [9.17, 15) is 0 Å². The lowest BCUT2D eigenvalue weighted by molar-refractivity contribution is -0.0734. The SMILES string of the molecule is CC1CC(CN)(N2CC3CCCCN3CC2C)CCN1C. The number of fused-ring (bicyclic) bond motifs is 1. The molecule has 122 valence electrons. The molecule has 4 nitrogen and oxygen atoms in total. The van der Waals surface area contributed by atoms with Crippen molar-refractivity contribution in [3.05, 3.63) is 0 Å². The normalized spacial score (nSPS) is 43.7. The summed E-state index contributed by atoms with van der Waals surface area (Å²) in [6.45, 7) is 10.6. The first-order chi connectivity index (χ1) is 10.1. The van der Waals surface area contributed by atoms with Crippen LogP contribution < -0.4 is 5.73 Å². The van der Waals surface area contributed by atoms with E-state index in [2.05, 4.69) is 35.6 Å². The molecule has 4 atom stereocenters. The minimum Gasteiger partial charge on any atom is -0.329 e. The van der Waals surface area contributed by atoms with Gasteiger partial charge in [0.25, 0.3) is 0 Å². The highest BCUT2D eigenvalue weighted by Gasteiger charge is 2.46. The van der Waals surface area contributed by atoms with Gasteiger partial charge in [-0.15, -0.1) is 0 Å². The Hall–Kier alpha value is -0.160. The molecule has 4 unspecified atom stereocenters. The highest BCUT2D eigenvalue weighted by atomic mass is 15.4. The Morgan fingerprint density at radius 3 is 2.62 bits per heavy atom. The van der Waals surface area contributed by atoms with Gasteiger partial charge < -0.3 is 10.6 Å². The summed E-state index contributed by atoms with van der Waals surface area (Å²) in [5.74, 6) is 0. The van der Waals surface area contributed by atoms with Crippen LogP contribution in [0.4, 0.5) is 0 Å². The molecule has 0 bridgehead atoms. The number of hydrogen-bond acceptors (Lipinski definition) is 4. The fraction of sp³-hybridized carbons (Fsp3) is 1.00. The topological polar surface area (TPSA) is 35.7 Å². The third-order valence-electron chi connectivity index (χ3n) is 6.53. The van der Waals surface area contributed by atoms with Crippen molar-refractivity contribution in [1.82, 2.24) is 14.7 Å². The zero-order valence-electron chi connectivity index (χ0n) is 14.2. The van der Waals surface area contributed by atoms with Gasteiger partial charge in [0.1, 0.15) is 0 Å². The molecule has 0 aromatic heterocycles. The van der Waals surface area contributed by atoms with E-state index in [1.807, 2.05) is 0 Å². The minimum atomic E-state index is 0.245. The first-order valence-corrected chi connectivity index (χ1v) is 8.97. The minimum absolute atomic E-state index is 0.245. The van der Waals surface area contributed by atoms with Crippen molar-refractivity contribution in [2.45, 2.75) is 69.6 Å². The summed E-state index contributed by atoms with van der Waals surface area (Å²) in [6.07, 6.45) is 6.67. The Bertz CT molecular complexity index is 361. The zero-order valence-corrected chi connectivity index (χ0v) is 14.2. The smallest absolute Gasteiger partial charge is 0.0362 e. The van der Waals surface area contributed by atoms with Gasteiger partial charge in [-0.2, -0.15) is 0 Å². The van der Waals surface area contributed by atoms with Crippen molar-refractivity contribution < 1.29 is 0 Å². The zero-order chi connectivity index (χ0) is 15.0. The summed E-state index contributed by atoms with van der Waals surface area (Å²) < 4.78 is 0. The molecule has 3 saturated heterocycles. The van der Waals surface area contributed by atoms with Gasteiger partial charge in [-0.05, 0) is 59.7 Å². The van der Waals surface area contributed by atoms with Crippen molar-refractivity contribution in [2.75, 3.05) is 39.8 Å². The molecule has 3 fully saturated rings. The maximum Gasteiger partial charge on any atom is 0.0362 e. The molecule has 0 spiro atoms. The van der Waals surface area contributed by atoms with Crippen molar-refractivity contribution >= 4 is 0 Å². The van der Waals surface area contributed by atoms with Gasteiger partial charge >= 0.3 is 0 Å². The molecule has 3 aliphatic heterocycles. The average Bonchev–Trinajstić information content (AvgIpc) is 2.49. The number of nitrogens with two attached hydrogens (primary N) is 1. The van der Waals surface area contributed by atoms with E-state index in [0.717, 1.165) is 12.6 Å². The molecule has 0 aliphatic carbocycles. The first-order valence-electron chi connectivity index (χ1n) is 8.97. The molecular weight excluding hydrogens is 260 g/mol. The van der Waals surface area contributed by atoms with Crippen molar-refractivity contribution in [3.8, 4) is 0 Å². The van der Waals surface area contributed by atoms with E-state index in [1.54, 1.807) is 0 Å². The van der Waals surface area contributed by atoms with Crippen LogP contribution in [0.15, 0.2) is 0 Å². The standard InChI is InChI=1S/C17H34N4/c1-14-10-17(13-18,7-9-19(14)3)21-12-16-6-4-5-8-20(16)11-15(21)2/h14-16H,4-13,18H2,1-3H3. The number of rotatable bonds is 2. The van der Waals surface area contributed by atoms with Crippen molar-refractivity contribution in [2.24, 2.45) is 5.73 Å². The van der Waals surface area contributed by atoms with Gasteiger partial charge in [0.05, 0.1) is 0 Å². The molecule has 4 heteroatoms. The number of nitrogens with zero attached hydrogens (tertiary/aromatic N) is 3. The lowest BCUT2D eigenvalue weighted by atomic mass is 9.79. The van der Waals surface area contributed by atoms with Gasteiger partial charge in [0, 0.05) is 43.3 Å². The maximum atomic E-state index is 6.33. The lowest BCUT2D eigenvalue weighted by Crippen LogP contribution is -2.69. The van der Waals surface area contributed by atoms with E-state index in [-0.39, 0.29) is 5.54 Å². The van der Waals surface area contributed by atoms with Crippen LogP contribution in [-0.4, -0.2) is 78.1 Å². The van der Waals surface area contributed by atoms with Crippen LogP contribution in [0.3, 0.4) is 0 Å². The number of piperidine rings is 2. The van der Waals surface area contributed by atoms with Crippen LogP contribution in [0.5, 0.6) is 0 Å². The van der Waals surface area contributed by atoms with Gasteiger partial charge in [-0.1, -0.05) is 6.42 Å². The highest BCUT2D eigenvalue weighted by Crippen LogP contribution is 2.36. The fourth-order valence-electron chi connectivity index (χ4n) is 4.99. The third-order valence-corrected chi connectivity index (χ3v) is 6.53. The second-order valence-corrected chi connectivity index (χ2v) is 7.86. The molecule has 0 aromatic rings. The fourth-order valence-corrected chi connectivity index (χ4v) is 4.99. The van der Waals surface area contributed by atoms with Crippen LogP contribution in [0.2, 0.25) is 0 Å². The molecule has 0 amide bonds. The maximum absolute atomic E-state index is 6.33. The van der Waals surface area contributed by atoms with Crippen molar-refractivity contribution in [3.63, 3.8) is 0 Å². The van der Waals surface area contributed by atoms with Crippen molar-refractivity contribution in [1.29, 1.82) is 0 Å². The largest absolute Gasteiger partial charge is 0.329 e. The van der Waals surface area contributed by atoms with E-state index < -0.39 is 0 Å². The average molecular weight is 294 g/mol. The molecule has 2 N–H and O–H groups in total. The Labute approximate surface area is 130 Å². The van der Waals surface area contributed by atoms with E-state index >= 15 is 0 Å². The monoisotopic (exact) mass is 294 g/mol. The van der Waals surface area contributed by atoms with Gasteiger partial charge in [0.15, 0.2) is 0 Å². The number of likely N-dealkylation sites (tertiary alicyclic amines) is 1. The lowest BCUT2D eigenvalue weighted by Gasteiger charge is -2.57. The summed E-state index contributed by atoms with van der Waals surface area (Å²) in [5, 5.41) is 0. The summed E-state index contributed by atoms with van der Waals surface area (Å²) in [6, 6.07) is 2.09. The molecule has 3 aliphatic rings. The first kappa shape index (κ1) is 15.7. The van der Waals surface area contributed by atoms with Crippen LogP contribution in [-0.2, 0) is 0 Å². The highest BCUT2D eigenvalue weighted by molar-refractivity contribution is 5.03. The van der Waals surface area contributed by atoms with Gasteiger partial charge in [-0.3, -0.25) is 9.80 Å². The van der Waals surface area contributed by atoms with E-state index in [0.29, 0.717) is 12.1 Å². The molecule has 0 radical (unpaired) electrons. The number of hydrogen-bond donors (Lipinski definition) is 1. The molecule has 3 rings (SSSR count). The quantitative estimate of drug-likeness (QED) is 0.834. The Morgan fingerprint density at radius 2 is 1.90 bits per heavy atom.